The van der Waals surface area contributed by atoms with Crippen LogP contribution in [0.4, 0.5) is 0 Å². The van der Waals surface area contributed by atoms with E-state index in [9.17, 15) is 4.79 Å². The van der Waals surface area contributed by atoms with Gasteiger partial charge in [-0.1, -0.05) is 48.5 Å². The van der Waals surface area contributed by atoms with E-state index in [-0.39, 0.29) is 11.5 Å². The second-order valence-electron chi connectivity index (χ2n) is 8.09. The topological polar surface area (TPSA) is 47.4 Å². The molecular formula is C24H25N3O2. The number of hydrogen-bond donors (Lipinski definition) is 0. The minimum absolute atomic E-state index is 0.0493. The zero-order valence-corrected chi connectivity index (χ0v) is 16.7. The molecule has 0 radical (unpaired) electrons. The minimum atomic E-state index is -0.132. The zero-order chi connectivity index (χ0) is 19.8. The third-order valence-corrected chi connectivity index (χ3v) is 6.28. The molecule has 1 amide bonds. The molecule has 5 nitrogen and oxygen atoms in total. The van der Waals surface area contributed by atoms with E-state index < -0.39 is 0 Å². The molecule has 1 spiro atoms. The van der Waals surface area contributed by atoms with Gasteiger partial charge in [-0.25, -0.2) is 0 Å². The van der Waals surface area contributed by atoms with Crippen molar-refractivity contribution in [3.05, 3.63) is 71.9 Å². The van der Waals surface area contributed by atoms with E-state index >= 15 is 0 Å². The second-order valence-corrected chi connectivity index (χ2v) is 8.09. The van der Waals surface area contributed by atoms with Gasteiger partial charge < -0.3 is 9.64 Å². The largest absolute Gasteiger partial charge is 0.487 e. The van der Waals surface area contributed by atoms with E-state index in [1.807, 2.05) is 54.4 Å². The van der Waals surface area contributed by atoms with E-state index in [0.29, 0.717) is 18.8 Å². The molecule has 2 aliphatic rings. The summed E-state index contributed by atoms with van der Waals surface area (Å²) in [7, 11) is 1.84. The third-order valence-electron chi connectivity index (χ3n) is 6.28. The van der Waals surface area contributed by atoms with Crippen LogP contribution >= 0.6 is 0 Å². The first-order chi connectivity index (χ1) is 14.1. The molecule has 1 aromatic heterocycles. The second kappa shape index (κ2) is 7.07. The Hall–Kier alpha value is -3.08. The minimum Gasteiger partial charge on any atom is -0.487 e. The van der Waals surface area contributed by atoms with Crippen molar-refractivity contribution in [2.45, 2.75) is 31.3 Å². The molecule has 0 N–H and O–H groups in total. The predicted molar refractivity (Wildman–Crippen MR) is 112 cm³/mol. The number of fused-ring (bicyclic) bond motifs is 1. The SMILES string of the molecule is Cn1nc(-c2ccccc2)cc1C(=O)N1CCC2(CCc3ccccc3O2)CC1. The van der Waals surface area contributed by atoms with Crippen LogP contribution in [0.15, 0.2) is 60.7 Å². The van der Waals surface area contributed by atoms with Crippen molar-refractivity contribution >= 4 is 5.91 Å². The van der Waals surface area contributed by atoms with Gasteiger partial charge in [0.1, 0.15) is 17.0 Å². The number of likely N-dealkylation sites (tertiary alicyclic amines) is 1. The van der Waals surface area contributed by atoms with E-state index in [4.69, 9.17) is 4.74 Å². The summed E-state index contributed by atoms with van der Waals surface area (Å²) in [4.78, 5) is 15.1. The van der Waals surface area contributed by atoms with E-state index in [1.54, 1.807) is 4.68 Å². The summed E-state index contributed by atoms with van der Waals surface area (Å²) in [6.07, 6.45) is 3.81. The molecule has 3 aromatic rings. The molecule has 3 heterocycles. The lowest BCUT2D eigenvalue weighted by molar-refractivity contribution is -0.0109. The summed E-state index contributed by atoms with van der Waals surface area (Å²) in [6, 6.07) is 20.2. The van der Waals surface area contributed by atoms with Crippen LogP contribution in [-0.2, 0) is 13.5 Å². The van der Waals surface area contributed by atoms with Gasteiger partial charge in [0.2, 0.25) is 0 Å². The van der Waals surface area contributed by atoms with Crippen LogP contribution in [0.2, 0.25) is 0 Å². The highest BCUT2D eigenvalue weighted by atomic mass is 16.5. The smallest absolute Gasteiger partial charge is 0.272 e. The standard InChI is InChI=1S/C24H25N3O2/c1-26-21(17-20(25-26)18-7-3-2-4-8-18)23(28)27-15-13-24(14-16-27)12-11-19-9-5-6-10-22(19)29-24/h2-10,17H,11-16H2,1H3. The number of aromatic nitrogens is 2. The van der Waals surface area contributed by atoms with Crippen molar-refractivity contribution in [3.8, 4) is 17.0 Å². The number of piperidine rings is 1. The summed E-state index contributed by atoms with van der Waals surface area (Å²) in [6.45, 7) is 1.43. The van der Waals surface area contributed by atoms with E-state index in [1.165, 1.54) is 5.56 Å². The highest BCUT2D eigenvalue weighted by molar-refractivity contribution is 5.93. The van der Waals surface area contributed by atoms with Crippen LogP contribution in [0, 0.1) is 0 Å². The summed E-state index contributed by atoms with van der Waals surface area (Å²) in [5.74, 6) is 1.06. The fourth-order valence-electron chi connectivity index (χ4n) is 4.51. The normalized spacial score (nSPS) is 17.6. The summed E-state index contributed by atoms with van der Waals surface area (Å²) in [5, 5.41) is 4.55. The van der Waals surface area contributed by atoms with Gasteiger partial charge in [0.25, 0.3) is 5.91 Å². The maximum Gasteiger partial charge on any atom is 0.272 e. The average molecular weight is 387 g/mol. The Balaban J connectivity index is 1.29. The monoisotopic (exact) mass is 387 g/mol. The van der Waals surface area contributed by atoms with Crippen molar-refractivity contribution in [2.75, 3.05) is 13.1 Å². The van der Waals surface area contributed by atoms with Gasteiger partial charge in [0.15, 0.2) is 0 Å². The first-order valence-electron chi connectivity index (χ1n) is 10.3. The van der Waals surface area contributed by atoms with E-state index in [2.05, 4.69) is 23.3 Å². The molecule has 2 aliphatic heterocycles. The highest BCUT2D eigenvalue weighted by Crippen LogP contribution is 2.39. The number of para-hydroxylation sites is 1. The highest BCUT2D eigenvalue weighted by Gasteiger charge is 2.40. The number of ether oxygens (including phenoxy) is 1. The quantitative estimate of drug-likeness (QED) is 0.665. The Bertz CT molecular complexity index is 1030. The fraction of sp³-hybridized carbons (Fsp3) is 0.333. The lowest BCUT2D eigenvalue weighted by Gasteiger charge is -2.44. The van der Waals surface area contributed by atoms with Crippen molar-refractivity contribution in [1.29, 1.82) is 0 Å². The van der Waals surface area contributed by atoms with E-state index in [0.717, 1.165) is 42.7 Å². The van der Waals surface area contributed by atoms with Gasteiger partial charge in [-0.3, -0.25) is 9.48 Å². The van der Waals surface area contributed by atoms with Crippen LogP contribution < -0.4 is 4.74 Å². The van der Waals surface area contributed by atoms with Gasteiger partial charge in [-0.05, 0) is 30.5 Å². The van der Waals surface area contributed by atoms with Crippen LogP contribution in [0.3, 0.4) is 0 Å². The number of hydrogen-bond acceptors (Lipinski definition) is 3. The average Bonchev–Trinajstić information content (AvgIpc) is 3.16. The summed E-state index contributed by atoms with van der Waals surface area (Å²) >= 11 is 0. The first-order valence-corrected chi connectivity index (χ1v) is 10.3. The fourth-order valence-corrected chi connectivity index (χ4v) is 4.51. The molecule has 5 heteroatoms. The Morgan fingerprint density at radius 1 is 1.00 bits per heavy atom. The van der Waals surface area contributed by atoms with Crippen molar-refractivity contribution in [1.82, 2.24) is 14.7 Å². The molecule has 0 saturated carbocycles. The number of rotatable bonds is 2. The molecule has 2 aromatic carbocycles. The van der Waals surface area contributed by atoms with Crippen LogP contribution in [0.5, 0.6) is 5.75 Å². The Kier molecular flexibility index (Phi) is 4.38. The number of nitrogens with zero attached hydrogens (tertiary/aromatic N) is 3. The van der Waals surface area contributed by atoms with Gasteiger partial charge in [0, 0.05) is 38.5 Å². The summed E-state index contributed by atoms with van der Waals surface area (Å²) in [5.41, 5.74) is 3.65. The van der Waals surface area contributed by atoms with Crippen LogP contribution in [-0.4, -0.2) is 39.3 Å². The van der Waals surface area contributed by atoms with Gasteiger partial charge in [0.05, 0.1) is 5.69 Å². The maximum atomic E-state index is 13.2. The van der Waals surface area contributed by atoms with Crippen LogP contribution in [0.25, 0.3) is 11.3 Å². The van der Waals surface area contributed by atoms with Crippen molar-refractivity contribution in [2.24, 2.45) is 7.05 Å². The number of benzene rings is 2. The molecule has 1 saturated heterocycles. The predicted octanol–water partition coefficient (Wildman–Crippen LogP) is 4.09. The maximum absolute atomic E-state index is 13.2. The number of aryl methyl sites for hydroxylation is 2. The first kappa shape index (κ1) is 18.0. The molecule has 0 unspecified atom stereocenters. The Morgan fingerprint density at radius 3 is 2.52 bits per heavy atom. The summed E-state index contributed by atoms with van der Waals surface area (Å²) < 4.78 is 8.12. The zero-order valence-electron chi connectivity index (χ0n) is 16.7. The molecular weight excluding hydrogens is 362 g/mol. The number of carbonyl (C=O) groups is 1. The molecule has 0 aliphatic carbocycles. The van der Waals surface area contributed by atoms with Gasteiger partial charge in [-0.15, -0.1) is 0 Å². The van der Waals surface area contributed by atoms with Crippen molar-refractivity contribution < 1.29 is 9.53 Å². The van der Waals surface area contributed by atoms with Gasteiger partial charge in [-0.2, -0.15) is 5.10 Å². The van der Waals surface area contributed by atoms with Crippen LogP contribution in [0.1, 0.15) is 35.3 Å². The Labute approximate surface area is 170 Å². The van der Waals surface area contributed by atoms with Gasteiger partial charge >= 0.3 is 0 Å². The Morgan fingerprint density at radius 2 is 1.72 bits per heavy atom. The molecule has 1 fully saturated rings. The lowest BCUT2D eigenvalue weighted by atomic mass is 9.83. The third kappa shape index (κ3) is 3.31. The molecule has 148 valence electrons. The van der Waals surface area contributed by atoms with Crippen molar-refractivity contribution in [3.63, 3.8) is 0 Å². The lowest BCUT2D eigenvalue weighted by Crippen LogP contribution is -2.51. The molecule has 0 bridgehead atoms. The molecule has 29 heavy (non-hydrogen) atoms. The molecule has 0 atom stereocenters. The number of carbonyl (C=O) groups excluding carboxylic acids is 1. The number of amides is 1. The molecule has 5 rings (SSSR count).